The number of thioether (sulfide) groups is 1. The first-order chi connectivity index (χ1) is 24.2. The van der Waals surface area contributed by atoms with E-state index < -0.39 is 34.7 Å². The predicted molar refractivity (Wildman–Crippen MR) is 194 cm³/mol. The molecule has 0 spiro atoms. The number of rotatable bonds is 11. The summed E-state index contributed by atoms with van der Waals surface area (Å²) < 4.78 is 0. The maximum atomic E-state index is 13.8. The Balaban J connectivity index is 1.25. The van der Waals surface area contributed by atoms with Crippen molar-refractivity contribution in [3.8, 4) is 5.75 Å². The van der Waals surface area contributed by atoms with Gasteiger partial charge in [0, 0.05) is 44.5 Å². The largest absolute Gasteiger partial charge is 0.507 e. The zero-order valence-corrected chi connectivity index (χ0v) is 27.1. The number of carboxylic acid groups (broad SMARTS) is 1. The van der Waals surface area contributed by atoms with Crippen LogP contribution in [0, 0.1) is 0 Å². The summed E-state index contributed by atoms with van der Waals surface area (Å²) in [6, 6.07) is 36.0. The molecule has 0 saturated heterocycles. The highest BCUT2D eigenvalue weighted by Crippen LogP contribution is 2.37. The molecule has 0 aliphatic heterocycles. The van der Waals surface area contributed by atoms with E-state index >= 15 is 0 Å². The highest BCUT2D eigenvalue weighted by molar-refractivity contribution is 8.00. The van der Waals surface area contributed by atoms with E-state index in [1.807, 2.05) is 30.3 Å². The average Bonchev–Trinajstić information content (AvgIpc) is 3.54. The van der Waals surface area contributed by atoms with Gasteiger partial charge in [0.2, 0.25) is 5.91 Å². The number of aromatic amines is 1. The standard InChI is InChI=1S/C39H30N4O6S/c44-34-19-18-28(22-31(34)39(48)49)42-38(47)35(24-10-3-1-4-11-24)50-29-15-9-14-27(21-29)41-37(46)33(43-36(45)25-12-5-2-6-13-25)20-26-23-40-32-17-8-7-16-30(26)32/h1-23,35,40,44H,(H,41,46)(H,42,47)(H,43,45)(H,48,49)/b33-20-. The molecule has 0 aliphatic carbocycles. The third kappa shape index (κ3) is 7.92. The molecule has 0 bridgehead atoms. The van der Waals surface area contributed by atoms with E-state index in [4.69, 9.17) is 0 Å². The molecule has 1 unspecified atom stereocenters. The fourth-order valence-corrected chi connectivity index (χ4v) is 6.27. The average molecular weight is 683 g/mol. The molecular formula is C39H30N4O6S. The molecule has 0 radical (unpaired) electrons. The molecule has 11 heteroatoms. The molecule has 1 aromatic heterocycles. The van der Waals surface area contributed by atoms with E-state index in [2.05, 4.69) is 20.9 Å². The lowest BCUT2D eigenvalue weighted by Crippen LogP contribution is -2.30. The number of para-hydroxylation sites is 1. The Bertz CT molecular complexity index is 2230. The van der Waals surface area contributed by atoms with Crippen molar-refractivity contribution in [2.45, 2.75) is 10.1 Å². The lowest BCUT2D eigenvalue weighted by Gasteiger charge is -2.18. The van der Waals surface area contributed by atoms with Crippen LogP contribution in [0.1, 0.15) is 37.1 Å². The smallest absolute Gasteiger partial charge is 0.339 e. The Hall–Kier alpha value is -6.59. The first-order valence-electron chi connectivity index (χ1n) is 15.4. The van der Waals surface area contributed by atoms with Crippen LogP contribution in [0.15, 0.2) is 144 Å². The predicted octanol–water partition coefficient (Wildman–Crippen LogP) is 7.45. The van der Waals surface area contributed by atoms with Crippen LogP contribution in [0.4, 0.5) is 11.4 Å². The number of hydrogen-bond donors (Lipinski definition) is 6. The quantitative estimate of drug-likeness (QED) is 0.0470. The van der Waals surface area contributed by atoms with E-state index in [9.17, 15) is 29.4 Å². The Kier molecular flexibility index (Phi) is 10.1. The van der Waals surface area contributed by atoms with Gasteiger partial charge in [-0.3, -0.25) is 14.4 Å². The van der Waals surface area contributed by atoms with Gasteiger partial charge in [-0.2, -0.15) is 0 Å². The van der Waals surface area contributed by atoms with E-state index in [0.717, 1.165) is 10.9 Å². The van der Waals surface area contributed by atoms with Crippen molar-refractivity contribution in [1.29, 1.82) is 0 Å². The van der Waals surface area contributed by atoms with Crippen LogP contribution in [-0.4, -0.2) is 38.9 Å². The van der Waals surface area contributed by atoms with Crippen molar-refractivity contribution in [1.82, 2.24) is 10.3 Å². The third-order valence-corrected chi connectivity index (χ3v) is 8.88. The molecule has 50 heavy (non-hydrogen) atoms. The Morgan fingerprint density at radius 2 is 1.44 bits per heavy atom. The first kappa shape index (κ1) is 33.3. The Morgan fingerprint density at radius 3 is 2.20 bits per heavy atom. The number of carbonyl (C=O) groups is 4. The van der Waals surface area contributed by atoms with Crippen LogP contribution >= 0.6 is 11.8 Å². The number of nitrogens with one attached hydrogen (secondary N) is 4. The van der Waals surface area contributed by atoms with Crippen LogP contribution in [0.3, 0.4) is 0 Å². The second-order valence-electron chi connectivity index (χ2n) is 11.1. The number of carboxylic acids is 1. The van der Waals surface area contributed by atoms with Gasteiger partial charge in [0.05, 0.1) is 0 Å². The lowest BCUT2D eigenvalue weighted by molar-refractivity contribution is -0.116. The van der Waals surface area contributed by atoms with Crippen molar-refractivity contribution in [3.05, 3.63) is 162 Å². The maximum Gasteiger partial charge on any atom is 0.339 e. The highest BCUT2D eigenvalue weighted by Gasteiger charge is 2.24. The molecular weight excluding hydrogens is 653 g/mol. The van der Waals surface area contributed by atoms with Gasteiger partial charge in [-0.1, -0.05) is 72.8 Å². The highest BCUT2D eigenvalue weighted by atomic mass is 32.2. The normalized spacial score (nSPS) is 11.8. The number of phenols is 1. The number of anilines is 2. The van der Waals surface area contributed by atoms with Crippen LogP contribution in [0.25, 0.3) is 17.0 Å². The van der Waals surface area contributed by atoms with Crippen molar-refractivity contribution in [3.63, 3.8) is 0 Å². The van der Waals surface area contributed by atoms with Gasteiger partial charge in [0.1, 0.15) is 22.3 Å². The molecule has 3 amide bonds. The van der Waals surface area contributed by atoms with Gasteiger partial charge in [0.25, 0.3) is 11.8 Å². The molecule has 0 fully saturated rings. The number of aromatic hydroxyl groups is 1. The second kappa shape index (κ2) is 15.1. The molecule has 6 aromatic rings. The number of aromatic carboxylic acids is 1. The maximum absolute atomic E-state index is 13.8. The number of fused-ring (bicyclic) bond motifs is 1. The van der Waals surface area contributed by atoms with Gasteiger partial charge in [-0.25, -0.2) is 4.79 Å². The molecule has 6 rings (SSSR count). The summed E-state index contributed by atoms with van der Waals surface area (Å²) in [5.74, 6) is -3.17. The van der Waals surface area contributed by atoms with Gasteiger partial charge < -0.3 is 31.1 Å². The third-order valence-electron chi connectivity index (χ3n) is 7.63. The van der Waals surface area contributed by atoms with Gasteiger partial charge in [-0.15, -0.1) is 11.8 Å². The van der Waals surface area contributed by atoms with Crippen molar-refractivity contribution >= 4 is 63.8 Å². The van der Waals surface area contributed by atoms with Gasteiger partial charge >= 0.3 is 5.97 Å². The summed E-state index contributed by atoms with van der Waals surface area (Å²) in [6.07, 6.45) is 3.38. The van der Waals surface area contributed by atoms with Crippen LogP contribution in [0.5, 0.6) is 5.75 Å². The summed E-state index contributed by atoms with van der Waals surface area (Å²) in [6.45, 7) is 0. The summed E-state index contributed by atoms with van der Waals surface area (Å²) in [7, 11) is 0. The van der Waals surface area contributed by atoms with E-state index in [1.54, 1.807) is 91.1 Å². The lowest BCUT2D eigenvalue weighted by atomic mass is 10.1. The second-order valence-corrected chi connectivity index (χ2v) is 12.3. The van der Waals surface area contributed by atoms with Crippen molar-refractivity contribution in [2.24, 2.45) is 0 Å². The number of hydrogen-bond acceptors (Lipinski definition) is 6. The Labute approximate surface area is 290 Å². The molecule has 1 heterocycles. The van der Waals surface area contributed by atoms with E-state index in [-0.39, 0.29) is 16.9 Å². The SMILES string of the molecule is O=C(Nc1cccc(SC(C(=O)Nc2ccc(O)c(C(=O)O)c2)c2ccccc2)c1)/C(=C/c1c[nH]c2ccccc12)NC(=O)c1ccccc1. The summed E-state index contributed by atoms with van der Waals surface area (Å²) in [5.41, 5.74) is 2.99. The number of H-pyrrole nitrogens is 1. The zero-order valence-electron chi connectivity index (χ0n) is 26.3. The number of amides is 3. The number of carbonyl (C=O) groups excluding carboxylic acids is 3. The molecule has 248 valence electrons. The Morgan fingerprint density at radius 1 is 0.740 bits per heavy atom. The van der Waals surface area contributed by atoms with Crippen LogP contribution in [0.2, 0.25) is 0 Å². The fourth-order valence-electron chi connectivity index (χ4n) is 5.19. The van der Waals surface area contributed by atoms with Crippen molar-refractivity contribution in [2.75, 3.05) is 10.6 Å². The summed E-state index contributed by atoms with van der Waals surface area (Å²) in [5, 5.41) is 27.8. The van der Waals surface area contributed by atoms with E-state index in [0.29, 0.717) is 27.3 Å². The molecule has 0 saturated carbocycles. The van der Waals surface area contributed by atoms with Crippen LogP contribution in [-0.2, 0) is 9.59 Å². The molecule has 6 N–H and O–H groups in total. The number of benzene rings is 5. The minimum Gasteiger partial charge on any atom is -0.507 e. The van der Waals surface area contributed by atoms with Crippen LogP contribution < -0.4 is 16.0 Å². The topological polar surface area (TPSA) is 161 Å². The van der Waals surface area contributed by atoms with Gasteiger partial charge in [0.15, 0.2) is 0 Å². The molecule has 0 aliphatic rings. The molecule has 10 nitrogen and oxygen atoms in total. The molecule has 1 atom stereocenters. The fraction of sp³-hybridized carbons (Fsp3) is 0.0256. The minimum absolute atomic E-state index is 0.0258. The monoisotopic (exact) mass is 682 g/mol. The summed E-state index contributed by atoms with van der Waals surface area (Å²) in [4.78, 5) is 55.9. The van der Waals surface area contributed by atoms with E-state index in [1.165, 1.54) is 30.0 Å². The van der Waals surface area contributed by atoms with Crippen molar-refractivity contribution < 1.29 is 29.4 Å². The van der Waals surface area contributed by atoms with Gasteiger partial charge in [-0.05, 0) is 66.2 Å². The molecule has 5 aromatic carbocycles. The zero-order chi connectivity index (χ0) is 35.0. The minimum atomic E-state index is -1.33. The first-order valence-corrected chi connectivity index (χ1v) is 16.3. The number of aromatic nitrogens is 1. The summed E-state index contributed by atoms with van der Waals surface area (Å²) >= 11 is 1.23.